The first kappa shape index (κ1) is 33.8. The number of ether oxygens (including phenoxy) is 1. The summed E-state index contributed by atoms with van der Waals surface area (Å²) in [4.78, 5) is 56.6. The number of rotatable bonds is 6. The average molecular weight is 724 g/mol. The normalized spacial score (nSPS) is 14.5. The van der Waals surface area contributed by atoms with E-state index in [0.717, 1.165) is 34.0 Å². The Bertz CT molecular complexity index is 2280. The van der Waals surface area contributed by atoms with E-state index in [1.807, 2.05) is 6.07 Å². The van der Waals surface area contributed by atoms with E-state index < -0.39 is 35.7 Å². The van der Waals surface area contributed by atoms with E-state index in [9.17, 15) is 32.7 Å². The molecule has 3 aromatic heterocycles. The number of hydrogen-bond donors (Lipinski definition) is 2. The number of fused-ring (bicyclic) bond motifs is 2. The Morgan fingerprint density at radius 1 is 1.06 bits per heavy atom. The first-order valence-corrected chi connectivity index (χ1v) is 16.2. The topological polar surface area (TPSA) is 160 Å². The van der Waals surface area contributed by atoms with Crippen LogP contribution in [-0.4, -0.2) is 83.7 Å². The van der Waals surface area contributed by atoms with Crippen LogP contribution in [0, 0.1) is 13.8 Å². The van der Waals surface area contributed by atoms with E-state index in [1.54, 1.807) is 30.9 Å². The van der Waals surface area contributed by atoms with Crippen molar-refractivity contribution in [3.63, 3.8) is 0 Å². The molecular formula is C33H29ClF3N9O5. The van der Waals surface area contributed by atoms with Gasteiger partial charge in [0.15, 0.2) is 17.3 Å². The number of carbonyl (C=O) groups is 2. The number of benzene rings is 2. The third kappa shape index (κ3) is 6.28. The molecule has 0 aliphatic carbocycles. The van der Waals surface area contributed by atoms with Crippen LogP contribution in [0.15, 0.2) is 47.5 Å². The maximum Gasteiger partial charge on any atom is 0.416 e. The monoisotopic (exact) mass is 723 g/mol. The zero-order chi connectivity index (χ0) is 36.2. The maximum atomic E-state index is 14.1. The van der Waals surface area contributed by atoms with Gasteiger partial charge in [-0.1, -0.05) is 11.6 Å². The third-order valence-corrected chi connectivity index (χ3v) is 9.20. The number of hydrogen-bond acceptors (Lipinski definition) is 10. The summed E-state index contributed by atoms with van der Waals surface area (Å²) in [5, 5.41) is 17.1. The molecule has 1 saturated heterocycles. The highest BCUT2D eigenvalue weighted by Gasteiger charge is 2.32. The highest BCUT2D eigenvalue weighted by Crippen LogP contribution is 2.34. The number of piperazine rings is 1. The molecule has 0 atom stereocenters. The first-order chi connectivity index (χ1) is 24.3. The summed E-state index contributed by atoms with van der Waals surface area (Å²) in [6, 6.07) is 8.06. The molecule has 2 aliphatic rings. The Morgan fingerprint density at radius 3 is 2.55 bits per heavy atom. The van der Waals surface area contributed by atoms with E-state index >= 15 is 0 Å². The van der Waals surface area contributed by atoms with Gasteiger partial charge >= 0.3 is 6.18 Å². The van der Waals surface area contributed by atoms with Gasteiger partial charge in [0.1, 0.15) is 24.3 Å². The van der Waals surface area contributed by atoms with Crippen molar-refractivity contribution in [1.29, 1.82) is 0 Å². The predicted molar refractivity (Wildman–Crippen MR) is 178 cm³/mol. The first-order valence-electron chi connectivity index (χ1n) is 15.8. The zero-order valence-corrected chi connectivity index (χ0v) is 27.9. The van der Waals surface area contributed by atoms with Crippen LogP contribution in [0.3, 0.4) is 0 Å². The highest BCUT2D eigenvalue weighted by atomic mass is 35.5. The largest absolute Gasteiger partial charge is 0.504 e. The number of anilines is 2. The summed E-state index contributed by atoms with van der Waals surface area (Å²) in [5.41, 5.74) is 0.821. The lowest BCUT2D eigenvalue weighted by molar-refractivity contribution is -0.137. The van der Waals surface area contributed by atoms with Crippen molar-refractivity contribution in [2.45, 2.75) is 33.0 Å². The molecule has 18 heteroatoms. The second-order valence-electron chi connectivity index (χ2n) is 12.1. The zero-order valence-electron chi connectivity index (χ0n) is 27.2. The number of halogens is 4. The number of nitrogens with zero attached hydrogens (tertiary/aromatic N) is 8. The Hall–Kier alpha value is -5.71. The molecule has 51 heavy (non-hydrogen) atoms. The lowest BCUT2D eigenvalue weighted by Crippen LogP contribution is -2.51. The van der Waals surface area contributed by atoms with Gasteiger partial charge in [-0.3, -0.25) is 14.4 Å². The molecule has 264 valence electrons. The Labute approximate surface area is 292 Å². The standard InChI is InChI=1S/C33H29ClF3N9O5/c1-17-28(48)26(39-16-38-17)30(49)44-10-8-43(9-11-44)27-18(2)45(15-25(47)40-23-5-4-21(14-22(23)34)33(35,36)37)32-41-29(42-46(32)31(27)50)20-3-6-24-19(13-20)7-12-51-24/h3-6,13-14,16,48H,7-12,15H2,1-2H3,(H,40,47). The summed E-state index contributed by atoms with van der Waals surface area (Å²) in [6.45, 7) is 4.16. The quantitative estimate of drug-likeness (QED) is 0.263. The van der Waals surface area contributed by atoms with Crippen LogP contribution in [0.2, 0.25) is 5.02 Å². The summed E-state index contributed by atoms with van der Waals surface area (Å²) in [7, 11) is 0. The second kappa shape index (κ2) is 12.9. The molecule has 2 aliphatic heterocycles. The van der Waals surface area contributed by atoms with Crippen LogP contribution in [0.25, 0.3) is 17.2 Å². The van der Waals surface area contributed by atoms with Crippen LogP contribution in [-0.2, 0) is 23.9 Å². The molecule has 2 aromatic carbocycles. The van der Waals surface area contributed by atoms with Gasteiger partial charge in [0, 0.05) is 43.9 Å². The summed E-state index contributed by atoms with van der Waals surface area (Å²) in [5.74, 6) is -0.393. The Balaban J connectivity index is 1.23. The van der Waals surface area contributed by atoms with E-state index in [-0.39, 0.29) is 71.3 Å². The molecule has 7 rings (SSSR count). The number of aromatic nitrogens is 6. The van der Waals surface area contributed by atoms with Crippen molar-refractivity contribution in [2.75, 3.05) is 43.0 Å². The van der Waals surface area contributed by atoms with Gasteiger partial charge in [-0.05, 0) is 55.8 Å². The molecule has 0 bridgehead atoms. The van der Waals surface area contributed by atoms with Crippen molar-refractivity contribution in [1.82, 2.24) is 34.0 Å². The van der Waals surface area contributed by atoms with Crippen LogP contribution >= 0.6 is 11.6 Å². The van der Waals surface area contributed by atoms with Gasteiger partial charge in [-0.25, -0.2) is 9.97 Å². The Kier molecular flexibility index (Phi) is 8.53. The molecule has 5 heterocycles. The molecule has 0 unspecified atom stereocenters. The molecule has 2 amide bonds. The predicted octanol–water partition coefficient (Wildman–Crippen LogP) is 3.88. The van der Waals surface area contributed by atoms with Crippen molar-refractivity contribution in [3.8, 4) is 22.9 Å². The molecule has 2 N–H and O–H groups in total. The lowest BCUT2D eigenvalue weighted by atomic mass is 10.1. The van der Waals surface area contributed by atoms with Gasteiger partial charge in [-0.2, -0.15) is 22.7 Å². The maximum absolute atomic E-state index is 14.1. The number of carbonyl (C=O) groups excluding carboxylic acids is 2. The van der Waals surface area contributed by atoms with Crippen LogP contribution in [0.5, 0.6) is 11.5 Å². The fraction of sp³-hybridized carbons (Fsp3) is 0.303. The molecular weight excluding hydrogens is 695 g/mol. The molecule has 0 saturated carbocycles. The number of alkyl halides is 3. The number of nitrogens with one attached hydrogen (secondary N) is 1. The molecule has 0 spiro atoms. The fourth-order valence-electron chi connectivity index (χ4n) is 6.18. The minimum Gasteiger partial charge on any atom is -0.504 e. The van der Waals surface area contributed by atoms with Crippen LogP contribution in [0.4, 0.5) is 24.5 Å². The molecule has 1 fully saturated rings. The summed E-state index contributed by atoms with van der Waals surface area (Å²) >= 11 is 6.10. The summed E-state index contributed by atoms with van der Waals surface area (Å²) < 4.78 is 47.8. The van der Waals surface area contributed by atoms with E-state index in [1.165, 1.54) is 15.8 Å². The van der Waals surface area contributed by atoms with Crippen LogP contribution in [0.1, 0.15) is 33.0 Å². The van der Waals surface area contributed by atoms with Crippen molar-refractivity contribution in [2.24, 2.45) is 0 Å². The molecule has 5 aromatic rings. The lowest BCUT2D eigenvalue weighted by Gasteiger charge is -2.36. The molecule has 14 nitrogen and oxygen atoms in total. The van der Waals surface area contributed by atoms with E-state index in [2.05, 4.69) is 25.4 Å². The van der Waals surface area contributed by atoms with Gasteiger partial charge in [0.2, 0.25) is 11.7 Å². The SMILES string of the molecule is Cc1ncnc(C(=O)N2CCN(c3c(C)n(CC(=O)Nc4ccc(C(F)(F)F)cc4Cl)c4nc(-c5ccc6c(c5)CCO6)nn4c3=O)CC2)c1O. The highest BCUT2D eigenvalue weighted by molar-refractivity contribution is 6.33. The number of aromatic hydroxyl groups is 1. The molecule has 0 radical (unpaired) electrons. The third-order valence-electron chi connectivity index (χ3n) is 8.88. The number of amides is 2. The van der Waals surface area contributed by atoms with E-state index in [0.29, 0.717) is 24.3 Å². The van der Waals surface area contributed by atoms with Gasteiger partial charge in [-0.15, -0.1) is 5.10 Å². The number of aryl methyl sites for hydroxylation is 1. The second-order valence-corrected chi connectivity index (χ2v) is 12.5. The van der Waals surface area contributed by atoms with Gasteiger partial charge < -0.3 is 29.5 Å². The van der Waals surface area contributed by atoms with Gasteiger partial charge in [0.25, 0.3) is 11.5 Å². The minimum atomic E-state index is -4.62. The smallest absolute Gasteiger partial charge is 0.416 e. The average Bonchev–Trinajstić information content (AvgIpc) is 3.76. The minimum absolute atomic E-state index is 0.0298. The van der Waals surface area contributed by atoms with E-state index in [4.69, 9.17) is 16.3 Å². The Morgan fingerprint density at radius 2 is 1.82 bits per heavy atom. The fourth-order valence-corrected chi connectivity index (χ4v) is 6.41. The summed E-state index contributed by atoms with van der Waals surface area (Å²) in [6.07, 6.45) is -2.72. The van der Waals surface area contributed by atoms with Crippen molar-refractivity contribution < 1.29 is 32.6 Å². The van der Waals surface area contributed by atoms with Crippen molar-refractivity contribution >= 4 is 40.6 Å². The van der Waals surface area contributed by atoms with Crippen molar-refractivity contribution in [3.05, 3.63) is 86.3 Å². The van der Waals surface area contributed by atoms with Gasteiger partial charge in [0.05, 0.1) is 28.6 Å². The van der Waals surface area contributed by atoms with Crippen LogP contribution < -0.4 is 20.5 Å².